The van der Waals surface area contributed by atoms with Crippen molar-refractivity contribution in [2.45, 2.75) is 32.7 Å². The fraction of sp³-hybridized carbons (Fsp3) is 0.889. The first-order valence-corrected chi connectivity index (χ1v) is 4.71. The first-order valence-electron chi connectivity index (χ1n) is 4.71. The fourth-order valence-corrected chi connectivity index (χ4v) is 1.34. The predicted molar refractivity (Wildman–Crippen MR) is 48.9 cm³/mol. The van der Waals surface area contributed by atoms with Crippen molar-refractivity contribution in [3.8, 4) is 0 Å². The molecule has 0 aliphatic carbocycles. The van der Waals surface area contributed by atoms with E-state index in [9.17, 15) is 4.79 Å². The van der Waals surface area contributed by atoms with Crippen molar-refractivity contribution in [2.75, 3.05) is 13.1 Å². The van der Waals surface area contributed by atoms with E-state index < -0.39 is 0 Å². The summed E-state index contributed by atoms with van der Waals surface area (Å²) in [4.78, 5) is 11.2. The van der Waals surface area contributed by atoms with Crippen molar-refractivity contribution >= 4 is 5.91 Å². The standard InChI is InChI=1S/C9H18N2O/c1-7(2)6-11-8-4-3-5-10-9(8)12/h7-8,11H,3-6H2,1-2H3,(H,10,12). The Balaban J connectivity index is 2.25. The molecule has 1 atom stereocenters. The topological polar surface area (TPSA) is 41.1 Å². The van der Waals surface area contributed by atoms with Gasteiger partial charge in [-0.05, 0) is 25.3 Å². The van der Waals surface area contributed by atoms with Gasteiger partial charge in [-0.1, -0.05) is 13.8 Å². The Morgan fingerprint density at radius 1 is 1.67 bits per heavy atom. The normalized spacial score (nSPS) is 24.2. The van der Waals surface area contributed by atoms with E-state index >= 15 is 0 Å². The van der Waals surface area contributed by atoms with Crippen LogP contribution in [-0.4, -0.2) is 25.0 Å². The third-order valence-corrected chi connectivity index (χ3v) is 2.06. The summed E-state index contributed by atoms with van der Waals surface area (Å²) in [7, 11) is 0. The molecule has 1 heterocycles. The van der Waals surface area contributed by atoms with Crippen molar-refractivity contribution in [1.29, 1.82) is 0 Å². The fourth-order valence-electron chi connectivity index (χ4n) is 1.34. The molecule has 0 spiro atoms. The van der Waals surface area contributed by atoms with Crippen LogP contribution in [0.25, 0.3) is 0 Å². The predicted octanol–water partition coefficient (Wildman–Crippen LogP) is 0.511. The molecule has 0 aromatic carbocycles. The van der Waals surface area contributed by atoms with E-state index in [4.69, 9.17) is 0 Å². The van der Waals surface area contributed by atoms with Crippen LogP contribution < -0.4 is 10.6 Å². The minimum absolute atomic E-state index is 0.0566. The van der Waals surface area contributed by atoms with E-state index in [-0.39, 0.29) is 11.9 Å². The Morgan fingerprint density at radius 2 is 2.42 bits per heavy atom. The Hall–Kier alpha value is -0.570. The zero-order valence-electron chi connectivity index (χ0n) is 7.89. The lowest BCUT2D eigenvalue weighted by molar-refractivity contribution is -0.124. The Labute approximate surface area is 73.9 Å². The molecule has 0 radical (unpaired) electrons. The maximum Gasteiger partial charge on any atom is 0.237 e. The lowest BCUT2D eigenvalue weighted by atomic mass is 10.1. The highest BCUT2D eigenvalue weighted by atomic mass is 16.2. The molecule has 1 rings (SSSR count). The molecule has 1 aliphatic rings. The quantitative estimate of drug-likeness (QED) is 0.648. The summed E-state index contributed by atoms with van der Waals surface area (Å²) in [6, 6.07) is 0.0566. The van der Waals surface area contributed by atoms with Crippen LogP contribution in [-0.2, 0) is 4.79 Å². The molecule has 0 aromatic heterocycles. The van der Waals surface area contributed by atoms with Crippen molar-refractivity contribution in [3.63, 3.8) is 0 Å². The second kappa shape index (κ2) is 4.45. The average molecular weight is 170 g/mol. The van der Waals surface area contributed by atoms with E-state index in [2.05, 4.69) is 24.5 Å². The van der Waals surface area contributed by atoms with Crippen LogP contribution in [0.1, 0.15) is 26.7 Å². The van der Waals surface area contributed by atoms with Gasteiger partial charge >= 0.3 is 0 Å². The number of amides is 1. The van der Waals surface area contributed by atoms with Crippen LogP contribution >= 0.6 is 0 Å². The van der Waals surface area contributed by atoms with Crippen LogP contribution in [0.4, 0.5) is 0 Å². The first kappa shape index (κ1) is 9.52. The van der Waals surface area contributed by atoms with Gasteiger partial charge in [0.2, 0.25) is 5.91 Å². The van der Waals surface area contributed by atoms with Gasteiger partial charge in [-0.15, -0.1) is 0 Å². The van der Waals surface area contributed by atoms with Crippen LogP contribution in [0.2, 0.25) is 0 Å². The molecular formula is C9H18N2O. The van der Waals surface area contributed by atoms with Gasteiger partial charge in [-0.2, -0.15) is 0 Å². The Kier molecular flexibility index (Phi) is 3.53. The van der Waals surface area contributed by atoms with Crippen molar-refractivity contribution in [3.05, 3.63) is 0 Å². The van der Waals surface area contributed by atoms with Crippen LogP contribution in [0.5, 0.6) is 0 Å². The zero-order valence-corrected chi connectivity index (χ0v) is 7.89. The second-order valence-corrected chi connectivity index (χ2v) is 3.79. The van der Waals surface area contributed by atoms with Crippen LogP contribution in [0, 0.1) is 5.92 Å². The molecule has 1 aliphatic heterocycles. The minimum atomic E-state index is 0.0566. The van der Waals surface area contributed by atoms with Gasteiger partial charge in [0.15, 0.2) is 0 Å². The highest BCUT2D eigenvalue weighted by Gasteiger charge is 2.20. The summed E-state index contributed by atoms with van der Waals surface area (Å²) in [5.74, 6) is 0.779. The highest BCUT2D eigenvalue weighted by Crippen LogP contribution is 2.03. The number of carbonyl (C=O) groups is 1. The molecule has 3 heteroatoms. The molecule has 70 valence electrons. The summed E-state index contributed by atoms with van der Waals surface area (Å²) in [6.45, 7) is 6.07. The van der Waals surface area contributed by atoms with Gasteiger partial charge in [0.05, 0.1) is 6.04 Å². The minimum Gasteiger partial charge on any atom is -0.355 e. The largest absolute Gasteiger partial charge is 0.355 e. The molecule has 12 heavy (non-hydrogen) atoms. The monoisotopic (exact) mass is 170 g/mol. The van der Waals surface area contributed by atoms with Gasteiger partial charge in [0.1, 0.15) is 0 Å². The lowest BCUT2D eigenvalue weighted by Gasteiger charge is -2.23. The van der Waals surface area contributed by atoms with Gasteiger partial charge in [0.25, 0.3) is 0 Å². The van der Waals surface area contributed by atoms with Gasteiger partial charge in [0, 0.05) is 6.54 Å². The molecule has 3 nitrogen and oxygen atoms in total. The van der Waals surface area contributed by atoms with E-state index in [1.54, 1.807) is 0 Å². The number of hydrogen-bond acceptors (Lipinski definition) is 2. The molecule has 0 saturated carbocycles. The van der Waals surface area contributed by atoms with Gasteiger partial charge in [-0.3, -0.25) is 4.79 Å². The number of piperidine rings is 1. The number of nitrogens with one attached hydrogen (secondary N) is 2. The summed E-state index contributed by atoms with van der Waals surface area (Å²) in [5.41, 5.74) is 0. The van der Waals surface area contributed by atoms with E-state index in [1.165, 1.54) is 0 Å². The van der Waals surface area contributed by atoms with Crippen LogP contribution in [0.15, 0.2) is 0 Å². The SMILES string of the molecule is CC(C)CNC1CCCNC1=O. The molecule has 1 saturated heterocycles. The zero-order chi connectivity index (χ0) is 8.97. The Morgan fingerprint density at radius 3 is 3.00 bits per heavy atom. The highest BCUT2D eigenvalue weighted by molar-refractivity contribution is 5.82. The van der Waals surface area contributed by atoms with E-state index in [1.807, 2.05) is 0 Å². The lowest BCUT2D eigenvalue weighted by Crippen LogP contribution is -2.49. The number of hydrogen-bond donors (Lipinski definition) is 2. The first-order chi connectivity index (χ1) is 5.70. The molecule has 2 N–H and O–H groups in total. The summed E-state index contributed by atoms with van der Waals surface area (Å²) in [6.07, 6.45) is 2.08. The third-order valence-electron chi connectivity index (χ3n) is 2.06. The third kappa shape index (κ3) is 2.81. The number of rotatable bonds is 3. The van der Waals surface area contributed by atoms with Crippen molar-refractivity contribution in [1.82, 2.24) is 10.6 Å². The maximum absolute atomic E-state index is 11.2. The van der Waals surface area contributed by atoms with Crippen molar-refractivity contribution in [2.24, 2.45) is 5.92 Å². The summed E-state index contributed by atoms with van der Waals surface area (Å²) >= 11 is 0. The summed E-state index contributed by atoms with van der Waals surface area (Å²) < 4.78 is 0. The number of carbonyl (C=O) groups excluding carboxylic acids is 1. The van der Waals surface area contributed by atoms with Crippen molar-refractivity contribution < 1.29 is 4.79 Å². The summed E-state index contributed by atoms with van der Waals surface area (Å²) in [5, 5.41) is 6.11. The Bertz CT molecular complexity index is 157. The molecular weight excluding hydrogens is 152 g/mol. The van der Waals surface area contributed by atoms with E-state index in [0.29, 0.717) is 5.92 Å². The molecule has 1 fully saturated rings. The molecule has 1 amide bonds. The smallest absolute Gasteiger partial charge is 0.237 e. The van der Waals surface area contributed by atoms with E-state index in [0.717, 1.165) is 25.9 Å². The molecule has 0 aromatic rings. The molecule has 1 unspecified atom stereocenters. The van der Waals surface area contributed by atoms with Gasteiger partial charge < -0.3 is 10.6 Å². The second-order valence-electron chi connectivity index (χ2n) is 3.79. The van der Waals surface area contributed by atoms with Gasteiger partial charge in [-0.25, -0.2) is 0 Å². The molecule has 0 bridgehead atoms. The maximum atomic E-state index is 11.2. The van der Waals surface area contributed by atoms with Crippen LogP contribution in [0.3, 0.4) is 0 Å². The average Bonchev–Trinajstić information content (AvgIpc) is 2.03.